The quantitative estimate of drug-likeness (QED) is 0.593. The third-order valence-electron chi connectivity index (χ3n) is 2.70. The number of nitrogens with two attached hydrogens (primary N) is 1. The van der Waals surface area contributed by atoms with Crippen molar-refractivity contribution in [1.29, 1.82) is 5.41 Å². The SMILES string of the molecule is CC1CCCN(c2nc(C(=N)N)cs2)C1. The second-order valence-corrected chi connectivity index (χ2v) is 4.96. The van der Waals surface area contributed by atoms with Gasteiger partial charge in [0.2, 0.25) is 0 Å². The maximum atomic E-state index is 7.31. The average Bonchev–Trinajstić information content (AvgIpc) is 2.66. The highest BCUT2D eigenvalue weighted by Crippen LogP contribution is 2.25. The van der Waals surface area contributed by atoms with Crippen LogP contribution >= 0.6 is 11.3 Å². The summed E-state index contributed by atoms with van der Waals surface area (Å²) < 4.78 is 0. The molecule has 15 heavy (non-hydrogen) atoms. The van der Waals surface area contributed by atoms with Gasteiger partial charge in [-0.1, -0.05) is 6.92 Å². The Morgan fingerprint density at radius 3 is 3.13 bits per heavy atom. The first kappa shape index (κ1) is 10.4. The second kappa shape index (κ2) is 4.18. The maximum Gasteiger partial charge on any atom is 0.185 e. The van der Waals surface area contributed by atoms with E-state index in [2.05, 4.69) is 16.8 Å². The summed E-state index contributed by atoms with van der Waals surface area (Å²) in [6, 6.07) is 0. The lowest BCUT2D eigenvalue weighted by Crippen LogP contribution is -2.34. The lowest BCUT2D eigenvalue weighted by Gasteiger charge is -2.30. The molecule has 1 aliphatic heterocycles. The zero-order valence-corrected chi connectivity index (χ0v) is 9.68. The van der Waals surface area contributed by atoms with Crippen molar-refractivity contribution in [3.63, 3.8) is 0 Å². The normalized spacial score (nSPS) is 21.7. The molecule has 0 saturated carbocycles. The molecule has 0 amide bonds. The summed E-state index contributed by atoms with van der Waals surface area (Å²) in [5, 5.41) is 10.2. The summed E-state index contributed by atoms with van der Waals surface area (Å²) in [5.74, 6) is 0.797. The fourth-order valence-corrected chi connectivity index (χ4v) is 2.76. The highest BCUT2D eigenvalue weighted by Gasteiger charge is 2.19. The third-order valence-corrected chi connectivity index (χ3v) is 3.60. The van der Waals surface area contributed by atoms with E-state index < -0.39 is 0 Å². The van der Waals surface area contributed by atoms with Crippen LogP contribution in [0.3, 0.4) is 0 Å². The van der Waals surface area contributed by atoms with Gasteiger partial charge in [-0.25, -0.2) is 4.98 Å². The Balaban J connectivity index is 2.11. The molecule has 82 valence electrons. The number of nitrogens with one attached hydrogen (secondary N) is 1. The number of nitrogens with zero attached hydrogens (tertiary/aromatic N) is 2. The van der Waals surface area contributed by atoms with E-state index in [-0.39, 0.29) is 5.84 Å². The third kappa shape index (κ3) is 2.28. The molecule has 2 rings (SSSR count). The van der Waals surface area contributed by atoms with Crippen LogP contribution in [0.2, 0.25) is 0 Å². The monoisotopic (exact) mass is 224 g/mol. The van der Waals surface area contributed by atoms with E-state index in [1.165, 1.54) is 12.8 Å². The molecule has 1 aromatic rings. The van der Waals surface area contributed by atoms with Crippen molar-refractivity contribution < 1.29 is 0 Å². The molecule has 2 heterocycles. The van der Waals surface area contributed by atoms with Crippen LogP contribution < -0.4 is 10.6 Å². The summed E-state index contributed by atoms with van der Waals surface area (Å²) >= 11 is 1.58. The number of hydrogen-bond donors (Lipinski definition) is 2. The first-order valence-electron chi connectivity index (χ1n) is 5.21. The number of nitrogen functional groups attached to an aromatic ring is 1. The minimum absolute atomic E-state index is 0.0579. The van der Waals surface area contributed by atoms with Crippen LogP contribution in [0.5, 0.6) is 0 Å². The van der Waals surface area contributed by atoms with E-state index in [1.807, 2.05) is 5.38 Å². The molecule has 1 saturated heterocycles. The van der Waals surface area contributed by atoms with Crippen molar-refractivity contribution in [3.05, 3.63) is 11.1 Å². The molecule has 3 N–H and O–H groups in total. The van der Waals surface area contributed by atoms with Crippen LogP contribution in [0.25, 0.3) is 0 Å². The molecule has 1 aliphatic rings. The zero-order valence-electron chi connectivity index (χ0n) is 8.86. The molecule has 1 atom stereocenters. The molecular formula is C10H16N4S. The van der Waals surface area contributed by atoms with Crippen LogP contribution in [-0.4, -0.2) is 23.9 Å². The summed E-state index contributed by atoms with van der Waals surface area (Å²) in [6.07, 6.45) is 2.54. The molecule has 0 aromatic carbocycles. The van der Waals surface area contributed by atoms with Crippen LogP contribution in [-0.2, 0) is 0 Å². The van der Waals surface area contributed by atoms with E-state index in [4.69, 9.17) is 11.1 Å². The smallest absolute Gasteiger partial charge is 0.185 e. The van der Waals surface area contributed by atoms with Crippen molar-refractivity contribution in [2.45, 2.75) is 19.8 Å². The van der Waals surface area contributed by atoms with Gasteiger partial charge in [0.1, 0.15) is 11.5 Å². The first-order chi connectivity index (χ1) is 7.16. The van der Waals surface area contributed by atoms with Gasteiger partial charge in [0.05, 0.1) is 0 Å². The molecule has 0 aliphatic carbocycles. The summed E-state index contributed by atoms with van der Waals surface area (Å²) in [4.78, 5) is 6.66. The predicted molar refractivity (Wildman–Crippen MR) is 63.7 cm³/mol. The second-order valence-electron chi connectivity index (χ2n) is 4.12. The highest BCUT2D eigenvalue weighted by atomic mass is 32.1. The Hall–Kier alpha value is -1.10. The van der Waals surface area contributed by atoms with Gasteiger partial charge in [0, 0.05) is 18.5 Å². The maximum absolute atomic E-state index is 7.31. The number of hydrogen-bond acceptors (Lipinski definition) is 4. The van der Waals surface area contributed by atoms with E-state index in [9.17, 15) is 0 Å². The molecule has 0 spiro atoms. The van der Waals surface area contributed by atoms with Crippen LogP contribution in [0.1, 0.15) is 25.5 Å². The topological polar surface area (TPSA) is 66.0 Å². The first-order valence-corrected chi connectivity index (χ1v) is 6.09. The van der Waals surface area contributed by atoms with Gasteiger partial charge in [-0.3, -0.25) is 5.41 Å². The van der Waals surface area contributed by atoms with Gasteiger partial charge in [-0.15, -0.1) is 11.3 Å². The summed E-state index contributed by atoms with van der Waals surface area (Å²) in [7, 11) is 0. The molecule has 4 nitrogen and oxygen atoms in total. The van der Waals surface area contributed by atoms with Gasteiger partial charge in [0.15, 0.2) is 5.13 Å². The fourth-order valence-electron chi connectivity index (χ4n) is 1.90. The zero-order chi connectivity index (χ0) is 10.8. The largest absolute Gasteiger partial charge is 0.382 e. The van der Waals surface area contributed by atoms with Gasteiger partial charge >= 0.3 is 0 Å². The van der Waals surface area contributed by atoms with Crippen molar-refractivity contribution in [2.24, 2.45) is 11.7 Å². The van der Waals surface area contributed by atoms with Gasteiger partial charge in [-0.2, -0.15) is 0 Å². The van der Waals surface area contributed by atoms with E-state index in [0.717, 1.165) is 24.1 Å². The van der Waals surface area contributed by atoms with Crippen LogP contribution in [0, 0.1) is 11.3 Å². The standard InChI is InChI=1S/C10H16N4S/c1-7-3-2-4-14(5-7)10-13-8(6-15-10)9(11)12/h6-7H,2-5H2,1H3,(H3,11,12). The van der Waals surface area contributed by atoms with Gasteiger partial charge < -0.3 is 10.6 Å². The Morgan fingerprint density at radius 1 is 1.73 bits per heavy atom. The number of aromatic nitrogens is 1. The van der Waals surface area contributed by atoms with Crippen molar-refractivity contribution >= 4 is 22.3 Å². The summed E-state index contributed by atoms with van der Waals surface area (Å²) in [6.45, 7) is 4.42. The molecular weight excluding hydrogens is 208 g/mol. The Bertz CT molecular complexity index is 360. The van der Waals surface area contributed by atoms with Gasteiger partial charge in [-0.05, 0) is 18.8 Å². The molecule has 0 radical (unpaired) electrons. The average molecular weight is 224 g/mol. The minimum atomic E-state index is 0.0579. The lowest BCUT2D eigenvalue weighted by molar-refractivity contribution is 0.446. The number of piperidine rings is 1. The summed E-state index contributed by atoms with van der Waals surface area (Å²) in [5.41, 5.74) is 6.00. The van der Waals surface area contributed by atoms with Crippen molar-refractivity contribution in [2.75, 3.05) is 18.0 Å². The fraction of sp³-hybridized carbons (Fsp3) is 0.600. The lowest BCUT2D eigenvalue weighted by atomic mass is 10.0. The van der Waals surface area contributed by atoms with E-state index in [1.54, 1.807) is 11.3 Å². The van der Waals surface area contributed by atoms with Crippen LogP contribution in [0.4, 0.5) is 5.13 Å². The van der Waals surface area contributed by atoms with Gasteiger partial charge in [0.25, 0.3) is 0 Å². The van der Waals surface area contributed by atoms with E-state index in [0.29, 0.717) is 5.69 Å². The van der Waals surface area contributed by atoms with Crippen LogP contribution in [0.15, 0.2) is 5.38 Å². The minimum Gasteiger partial charge on any atom is -0.382 e. The highest BCUT2D eigenvalue weighted by molar-refractivity contribution is 7.13. The number of thiazole rings is 1. The number of anilines is 1. The molecule has 1 fully saturated rings. The molecule has 0 bridgehead atoms. The Morgan fingerprint density at radius 2 is 2.53 bits per heavy atom. The van der Waals surface area contributed by atoms with Crippen molar-refractivity contribution in [1.82, 2.24) is 4.98 Å². The predicted octanol–water partition coefficient (Wildman–Crippen LogP) is 1.66. The molecule has 1 unspecified atom stereocenters. The molecule has 1 aromatic heterocycles. The Labute approximate surface area is 93.6 Å². The van der Waals surface area contributed by atoms with Crippen molar-refractivity contribution in [3.8, 4) is 0 Å². The number of rotatable bonds is 2. The van der Waals surface area contributed by atoms with E-state index >= 15 is 0 Å². The number of amidine groups is 1. The molecule has 5 heteroatoms. The Kier molecular flexibility index (Phi) is 2.90.